The predicted molar refractivity (Wildman–Crippen MR) is 155 cm³/mol. The highest BCUT2D eigenvalue weighted by molar-refractivity contribution is 5.79. The summed E-state index contributed by atoms with van der Waals surface area (Å²) < 4.78 is 24.2. The Bertz CT molecular complexity index is 903. The molecule has 0 aliphatic carbocycles. The van der Waals surface area contributed by atoms with E-state index in [4.69, 9.17) is 18.9 Å². The molecule has 12 nitrogen and oxygen atoms in total. The van der Waals surface area contributed by atoms with Gasteiger partial charge in [-0.05, 0) is 68.0 Å². The summed E-state index contributed by atoms with van der Waals surface area (Å²) in [6.45, 7) is 13.2. The average molecular weight is 605 g/mol. The summed E-state index contributed by atoms with van der Waals surface area (Å²) in [6.07, 6.45) is -6.22. The van der Waals surface area contributed by atoms with Crippen LogP contribution >= 0.6 is 0 Å². The Balaban J connectivity index is 2.58. The van der Waals surface area contributed by atoms with Gasteiger partial charge in [-0.3, -0.25) is 9.59 Å². The summed E-state index contributed by atoms with van der Waals surface area (Å²) in [5.74, 6) is -4.13. The van der Waals surface area contributed by atoms with Crippen LogP contribution in [-0.4, -0.2) is 125 Å². The first kappa shape index (κ1) is 36.8. The fourth-order valence-corrected chi connectivity index (χ4v) is 6.45. The standard InChI is InChI=1S/C30H56N2O10/c1-12-21-30(8,38)24(35)19(6)26(36)31-15(2)14-29(7,39-11)25(17(4)22(33)18(5)27(37)41-21)42-28-23(34)20(32(9)10)13-16(3)40-28/h15-25,28,33-35,38H,12-14H2,1-11H3,(H,31,36)/t15-,16-,17+,18-,19-,20-,21-,22+,23-,24-,25-,28+,29-,30-/m1/s1. The Hall–Kier alpha value is -1.38. The highest BCUT2D eigenvalue weighted by Crippen LogP contribution is 2.37. The van der Waals surface area contributed by atoms with Crippen LogP contribution in [0, 0.1) is 17.8 Å². The number of esters is 1. The van der Waals surface area contributed by atoms with E-state index >= 15 is 0 Å². The topological polar surface area (TPSA) is 167 Å². The minimum atomic E-state index is -1.94. The normalized spacial score (nSPS) is 46.9. The van der Waals surface area contributed by atoms with Crippen molar-refractivity contribution < 1.29 is 49.0 Å². The summed E-state index contributed by atoms with van der Waals surface area (Å²) in [6, 6.07) is -0.737. The summed E-state index contributed by atoms with van der Waals surface area (Å²) >= 11 is 0. The Kier molecular flexibility index (Phi) is 12.8. The lowest BCUT2D eigenvalue weighted by molar-refractivity contribution is -0.301. The number of nitrogens with one attached hydrogen (secondary N) is 1. The number of carbonyl (C=O) groups excluding carboxylic acids is 2. The number of carbonyl (C=O) groups is 2. The van der Waals surface area contributed by atoms with Gasteiger partial charge in [0.25, 0.3) is 0 Å². The van der Waals surface area contributed by atoms with Gasteiger partial charge >= 0.3 is 5.97 Å². The second-order valence-electron chi connectivity index (χ2n) is 13.2. The van der Waals surface area contributed by atoms with E-state index < -0.39 is 83.7 Å². The molecule has 1 amide bonds. The molecule has 246 valence electrons. The zero-order valence-corrected chi connectivity index (χ0v) is 27.2. The maximum atomic E-state index is 13.3. The van der Waals surface area contributed by atoms with Crippen LogP contribution in [0.25, 0.3) is 0 Å². The number of methoxy groups -OCH3 is 1. The number of aliphatic hydroxyl groups is 4. The van der Waals surface area contributed by atoms with Crippen LogP contribution in [0.3, 0.4) is 0 Å². The number of rotatable bonds is 5. The van der Waals surface area contributed by atoms with E-state index in [1.54, 1.807) is 27.7 Å². The van der Waals surface area contributed by atoms with Crippen LogP contribution in [0.15, 0.2) is 0 Å². The van der Waals surface area contributed by atoms with Crippen LogP contribution in [0.5, 0.6) is 0 Å². The molecule has 2 heterocycles. The first-order valence-corrected chi connectivity index (χ1v) is 15.1. The van der Waals surface area contributed by atoms with Crippen molar-refractivity contribution in [2.45, 2.75) is 141 Å². The Morgan fingerprint density at radius 3 is 2.14 bits per heavy atom. The number of hydrogen-bond donors (Lipinski definition) is 5. The van der Waals surface area contributed by atoms with Crippen LogP contribution in [0.2, 0.25) is 0 Å². The predicted octanol–water partition coefficient (Wildman–Crippen LogP) is 0.814. The molecule has 0 aromatic rings. The quantitative estimate of drug-likeness (QED) is 0.282. The number of nitrogens with zero attached hydrogens (tertiary/aromatic N) is 1. The van der Waals surface area contributed by atoms with Gasteiger partial charge in [0.2, 0.25) is 5.91 Å². The Labute approximate surface area is 251 Å². The molecule has 0 bridgehead atoms. The fourth-order valence-electron chi connectivity index (χ4n) is 6.45. The van der Waals surface area contributed by atoms with Crippen molar-refractivity contribution in [3.8, 4) is 0 Å². The number of hydrogen-bond acceptors (Lipinski definition) is 11. The zero-order chi connectivity index (χ0) is 32.3. The first-order valence-electron chi connectivity index (χ1n) is 15.1. The van der Waals surface area contributed by atoms with Gasteiger partial charge in [0.05, 0.1) is 41.9 Å². The lowest BCUT2D eigenvalue weighted by atomic mass is 9.79. The van der Waals surface area contributed by atoms with Gasteiger partial charge in [0.15, 0.2) is 6.29 Å². The monoisotopic (exact) mass is 604 g/mol. The average Bonchev–Trinajstić information content (AvgIpc) is 2.92. The first-order chi connectivity index (χ1) is 19.3. The minimum Gasteiger partial charge on any atom is -0.459 e. The molecule has 2 aliphatic rings. The number of likely N-dealkylation sites (N-methyl/N-ethyl adjacent to an activating group) is 1. The third-order valence-electron chi connectivity index (χ3n) is 9.39. The molecule has 0 spiro atoms. The molecule has 0 radical (unpaired) electrons. The number of amides is 1. The van der Waals surface area contributed by atoms with Crippen molar-refractivity contribution >= 4 is 11.9 Å². The number of aliphatic hydroxyl groups excluding tert-OH is 3. The second-order valence-corrected chi connectivity index (χ2v) is 13.2. The molecule has 12 heteroatoms. The smallest absolute Gasteiger partial charge is 0.311 e. The molecule has 0 aromatic carbocycles. The molecule has 2 saturated heterocycles. The largest absolute Gasteiger partial charge is 0.459 e. The van der Waals surface area contributed by atoms with Crippen molar-refractivity contribution in [1.29, 1.82) is 0 Å². The van der Waals surface area contributed by atoms with Gasteiger partial charge < -0.3 is 49.6 Å². The highest BCUT2D eigenvalue weighted by atomic mass is 16.7. The van der Waals surface area contributed by atoms with Gasteiger partial charge in [-0.25, -0.2) is 0 Å². The maximum Gasteiger partial charge on any atom is 0.311 e. The van der Waals surface area contributed by atoms with Crippen LogP contribution in [0.1, 0.15) is 74.7 Å². The molecule has 14 atom stereocenters. The highest BCUT2D eigenvalue weighted by Gasteiger charge is 2.50. The van der Waals surface area contributed by atoms with Crippen molar-refractivity contribution in [2.75, 3.05) is 21.2 Å². The second kappa shape index (κ2) is 14.6. The lowest BCUT2D eigenvalue weighted by Gasteiger charge is -2.47. The Morgan fingerprint density at radius 1 is 1.02 bits per heavy atom. The van der Waals surface area contributed by atoms with E-state index in [1.807, 2.05) is 25.9 Å². The zero-order valence-electron chi connectivity index (χ0n) is 27.2. The van der Waals surface area contributed by atoms with Gasteiger partial charge in [0, 0.05) is 25.1 Å². The van der Waals surface area contributed by atoms with Crippen LogP contribution in [0.4, 0.5) is 0 Å². The summed E-state index contributed by atoms with van der Waals surface area (Å²) in [5.41, 5.74) is -3.09. The van der Waals surface area contributed by atoms with E-state index in [1.165, 1.54) is 27.9 Å². The van der Waals surface area contributed by atoms with E-state index in [9.17, 15) is 30.0 Å². The van der Waals surface area contributed by atoms with Crippen LogP contribution < -0.4 is 5.32 Å². The lowest BCUT2D eigenvalue weighted by Crippen LogP contribution is -2.60. The molecule has 0 aromatic heterocycles. The van der Waals surface area contributed by atoms with Gasteiger partial charge in [0.1, 0.15) is 17.8 Å². The van der Waals surface area contributed by atoms with Crippen molar-refractivity contribution in [3.05, 3.63) is 0 Å². The third-order valence-corrected chi connectivity index (χ3v) is 9.39. The number of cyclic esters (lactones) is 1. The molecular weight excluding hydrogens is 548 g/mol. The van der Waals surface area contributed by atoms with Gasteiger partial charge in [-0.2, -0.15) is 0 Å². The molecular formula is C30H56N2O10. The molecule has 42 heavy (non-hydrogen) atoms. The third kappa shape index (κ3) is 8.01. The SMILES string of the molecule is CC[C@H]1OC(=O)[C@H](C)[C@@H](O)[C@H](C)[C@@H](O[C@@H]2O[C@H](C)C[C@@H](N(C)C)[C@H]2O)[C@](C)(OC)C[C@@H](C)NC(=O)[C@H](C)[C@@H](O)[C@]1(C)O. The minimum absolute atomic E-state index is 0.161. The summed E-state index contributed by atoms with van der Waals surface area (Å²) in [4.78, 5) is 28.4. The summed E-state index contributed by atoms with van der Waals surface area (Å²) in [7, 11) is 5.24. The molecule has 5 N–H and O–H groups in total. The van der Waals surface area contributed by atoms with Crippen molar-refractivity contribution in [3.63, 3.8) is 0 Å². The molecule has 2 aliphatic heterocycles. The molecule has 0 saturated carbocycles. The van der Waals surface area contributed by atoms with Gasteiger partial charge in [-0.1, -0.05) is 20.8 Å². The van der Waals surface area contributed by atoms with E-state index in [-0.39, 0.29) is 25.0 Å². The summed E-state index contributed by atoms with van der Waals surface area (Å²) in [5, 5.41) is 47.9. The molecule has 2 fully saturated rings. The van der Waals surface area contributed by atoms with E-state index in [2.05, 4.69) is 5.32 Å². The van der Waals surface area contributed by atoms with E-state index in [0.717, 1.165) is 0 Å². The van der Waals surface area contributed by atoms with Crippen LogP contribution in [-0.2, 0) is 28.5 Å². The Morgan fingerprint density at radius 2 is 1.62 bits per heavy atom. The van der Waals surface area contributed by atoms with Crippen molar-refractivity contribution in [1.82, 2.24) is 10.2 Å². The van der Waals surface area contributed by atoms with Gasteiger partial charge in [-0.15, -0.1) is 0 Å². The van der Waals surface area contributed by atoms with Crippen molar-refractivity contribution in [2.24, 2.45) is 17.8 Å². The van der Waals surface area contributed by atoms with E-state index in [0.29, 0.717) is 6.42 Å². The fraction of sp³-hybridized carbons (Fsp3) is 0.933. The number of ether oxygens (including phenoxy) is 4. The maximum absolute atomic E-state index is 13.3. The molecule has 2 rings (SSSR count). The molecule has 0 unspecified atom stereocenters.